The van der Waals surface area contributed by atoms with Crippen LogP contribution in [0.1, 0.15) is 11.6 Å². The van der Waals surface area contributed by atoms with E-state index in [9.17, 15) is 8.78 Å². The highest BCUT2D eigenvalue weighted by Gasteiger charge is 2.22. The summed E-state index contributed by atoms with van der Waals surface area (Å²) < 4.78 is 34.7. The van der Waals surface area contributed by atoms with Crippen molar-refractivity contribution in [3.05, 3.63) is 53.7 Å². The highest BCUT2D eigenvalue weighted by Crippen LogP contribution is 2.31. The van der Waals surface area contributed by atoms with Crippen molar-refractivity contribution in [3.63, 3.8) is 0 Å². The summed E-state index contributed by atoms with van der Waals surface area (Å²) in [6.07, 6.45) is 1.92. The Bertz CT molecular complexity index is 845. The fraction of sp³-hybridized carbons (Fsp3) is 0.235. The van der Waals surface area contributed by atoms with Crippen LogP contribution in [0.25, 0.3) is 22.0 Å². The first-order chi connectivity index (χ1) is 10.6. The number of benzene rings is 2. The number of nitrogens with zero attached hydrogens (tertiary/aromatic N) is 2. The Morgan fingerprint density at radius 1 is 1.18 bits per heavy atom. The molecule has 5 heteroatoms. The molecule has 0 radical (unpaired) electrons. The van der Waals surface area contributed by atoms with Crippen molar-refractivity contribution < 1.29 is 13.5 Å². The molecule has 1 aliphatic heterocycles. The Kier molecular flexibility index (Phi) is 2.97. The van der Waals surface area contributed by atoms with Crippen LogP contribution in [-0.4, -0.2) is 23.0 Å². The molecule has 3 nitrogen and oxygen atoms in total. The van der Waals surface area contributed by atoms with Gasteiger partial charge in [-0.25, -0.2) is 8.78 Å². The summed E-state index contributed by atoms with van der Waals surface area (Å²) in [4.78, 5) is 0. The van der Waals surface area contributed by atoms with Crippen LogP contribution in [-0.2, 0) is 4.74 Å². The number of hydrogen-bond donors (Lipinski definition) is 0. The van der Waals surface area contributed by atoms with Crippen LogP contribution in [0.4, 0.5) is 8.78 Å². The SMILES string of the molecule is Cc1c(F)cc(-c2cccc3nn(C4COC4)cc23)cc1F. The minimum atomic E-state index is -0.535. The Morgan fingerprint density at radius 2 is 1.91 bits per heavy atom. The van der Waals surface area contributed by atoms with Crippen LogP contribution in [0.15, 0.2) is 36.5 Å². The van der Waals surface area contributed by atoms with Crippen molar-refractivity contribution >= 4 is 10.9 Å². The van der Waals surface area contributed by atoms with E-state index in [1.807, 2.05) is 29.1 Å². The number of hydrogen-bond acceptors (Lipinski definition) is 2. The zero-order valence-electron chi connectivity index (χ0n) is 12.0. The van der Waals surface area contributed by atoms with Crippen LogP contribution in [0.3, 0.4) is 0 Å². The van der Waals surface area contributed by atoms with E-state index in [1.54, 1.807) is 0 Å². The van der Waals surface area contributed by atoms with Crippen molar-refractivity contribution in [2.75, 3.05) is 13.2 Å². The number of ether oxygens (including phenoxy) is 1. The minimum Gasteiger partial charge on any atom is -0.377 e. The topological polar surface area (TPSA) is 27.1 Å². The molecule has 3 aromatic rings. The van der Waals surface area contributed by atoms with Gasteiger partial charge in [-0.2, -0.15) is 5.10 Å². The van der Waals surface area contributed by atoms with Crippen LogP contribution >= 0.6 is 0 Å². The lowest BCUT2D eigenvalue weighted by Crippen LogP contribution is -2.30. The van der Waals surface area contributed by atoms with E-state index in [0.29, 0.717) is 18.8 Å². The van der Waals surface area contributed by atoms with Crippen molar-refractivity contribution in [1.82, 2.24) is 9.78 Å². The van der Waals surface area contributed by atoms with Crippen LogP contribution < -0.4 is 0 Å². The minimum absolute atomic E-state index is 0.0400. The smallest absolute Gasteiger partial charge is 0.129 e. The fourth-order valence-electron chi connectivity index (χ4n) is 2.68. The summed E-state index contributed by atoms with van der Waals surface area (Å²) in [7, 11) is 0. The Morgan fingerprint density at radius 3 is 2.55 bits per heavy atom. The fourth-order valence-corrected chi connectivity index (χ4v) is 2.68. The van der Waals surface area contributed by atoms with E-state index in [4.69, 9.17) is 4.74 Å². The van der Waals surface area contributed by atoms with E-state index in [2.05, 4.69) is 5.10 Å². The van der Waals surface area contributed by atoms with Crippen molar-refractivity contribution in [3.8, 4) is 11.1 Å². The standard InChI is InChI=1S/C17H14F2N2O/c1-10-15(18)5-11(6-16(10)19)13-3-2-4-17-14(13)7-21(20-17)12-8-22-9-12/h2-7,12H,8-9H2,1H3. The maximum atomic E-state index is 13.8. The van der Waals surface area contributed by atoms with Crippen LogP contribution in [0.5, 0.6) is 0 Å². The summed E-state index contributed by atoms with van der Waals surface area (Å²) in [5.74, 6) is -1.07. The number of aromatic nitrogens is 2. The van der Waals surface area contributed by atoms with Gasteiger partial charge in [0.1, 0.15) is 11.6 Å². The first-order valence-electron chi connectivity index (χ1n) is 7.15. The zero-order valence-corrected chi connectivity index (χ0v) is 12.0. The lowest BCUT2D eigenvalue weighted by Gasteiger charge is -2.25. The van der Waals surface area contributed by atoms with Crippen molar-refractivity contribution in [2.24, 2.45) is 0 Å². The van der Waals surface area contributed by atoms with Gasteiger partial charge in [0.25, 0.3) is 0 Å². The lowest BCUT2D eigenvalue weighted by molar-refractivity contribution is -0.0283. The summed E-state index contributed by atoms with van der Waals surface area (Å²) in [6, 6.07) is 8.59. The predicted octanol–water partition coefficient (Wildman–Crippen LogP) is 3.86. The molecule has 0 bridgehead atoms. The van der Waals surface area contributed by atoms with E-state index < -0.39 is 11.6 Å². The second-order valence-corrected chi connectivity index (χ2v) is 5.60. The Hall–Kier alpha value is -2.27. The highest BCUT2D eigenvalue weighted by atomic mass is 19.1. The van der Waals surface area contributed by atoms with E-state index >= 15 is 0 Å². The largest absolute Gasteiger partial charge is 0.377 e. The molecule has 0 spiro atoms. The molecule has 1 fully saturated rings. The quantitative estimate of drug-likeness (QED) is 0.718. The van der Waals surface area contributed by atoms with Crippen molar-refractivity contribution in [2.45, 2.75) is 13.0 Å². The molecule has 0 saturated carbocycles. The number of halogens is 2. The molecule has 4 rings (SSSR count). The molecule has 0 N–H and O–H groups in total. The summed E-state index contributed by atoms with van der Waals surface area (Å²) in [5.41, 5.74) is 2.15. The molecule has 2 heterocycles. The molecule has 0 atom stereocenters. The molecule has 1 saturated heterocycles. The second-order valence-electron chi connectivity index (χ2n) is 5.60. The van der Waals surface area contributed by atoms with Gasteiger partial charge < -0.3 is 4.74 Å². The molecule has 0 unspecified atom stereocenters. The first-order valence-corrected chi connectivity index (χ1v) is 7.15. The van der Waals surface area contributed by atoms with Gasteiger partial charge in [-0.15, -0.1) is 0 Å². The first kappa shape index (κ1) is 13.4. The zero-order chi connectivity index (χ0) is 15.3. The van der Waals surface area contributed by atoms with Gasteiger partial charge in [-0.3, -0.25) is 4.68 Å². The van der Waals surface area contributed by atoms with Gasteiger partial charge in [0.15, 0.2) is 0 Å². The molecule has 1 aliphatic rings. The second kappa shape index (κ2) is 4.88. The van der Waals surface area contributed by atoms with Gasteiger partial charge in [0, 0.05) is 17.1 Å². The van der Waals surface area contributed by atoms with Crippen molar-refractivity contribution in [1.29, 1.82) is 0 Å². The van der Waals surface area contributed by atoms with Gasteiger partial charge >= 0.3 is 0 Å². The Balaban J connectivity index is 1.89. The molecule has 0 aliphatic carbocycles. The third-order valence-electron chi connectivity index (χ3n) is 4.15. The third-order valence-corrected chi connectivity index (χ3v) is 4.15. The van der Waals surface area contributed by atoms with E-state index in [-0.39, 0.29) is 11.6 Å². The molecule has 0 amide bonds. The van der Waals surface area contributed by atoms with Gasteiger partial charge in [0.2, 0.25) is 0 Å². The molecule has 112 valence electrons. The highest BCUT2D eigenvalue weighted by molar-refractivity contribution is 5.94. The van der Waals surface area contributed by atoms with Gasteiger partial charge in [0.05, 0.1) is 24.8 Å². The molecule has 2 aromatic carbocycles. The average molecular weight is 300 g/mol. The van der Waals surface area contributed by atoms with E-state index in [0.717, 1.165) is 16.5 Å². The number of rotatable bonds is 2. The maximum absolute atomic E-state index is 13.8. The summed E-state index contributed by atoms with van der Waals surface area (Å²) in [6.45, 7) is 2.73. The molecule has 22 heavy (non-hydrogen) atoms. The maximum Gasteiger partial charge on any atom is 0.129 e. The monoisotopic (exact) mass is 300 g/mol. The van der Waals surface area contributed by atoms with E-state index in [1.165, 1.54) is 19.1 Å². The molecular formula is C17H14F2N2O. The average Bonchev–Trinajstić information content (AvgIpc) is 2.85. The predicted molar refractivity (Wildman–Crippen MR) is 79.7 cm³/mol. The Labute approximate surface area is 126 Å². The lowest BCUT2D eigenvalue weighted by atomic mass is 10.0. The van der Waals surface area contributed by atoms with Gasteiger partial charge in [-0.05, 0) is 36.2 Å². The summed E-state index contributed by atoms with van der Waals surface area (Å²) in [5, 5.41) is 5.42. The van der Waals surface area contributed by atoms with Gasteiger partial charge in [-0.1, -0.05) is 12.1 Å². The molecular weight excluding hydrogens is 286 g/mol. The molecule has 1 aromatic heterocycles. The number of fused-ring (bicyclic) bond motifs is 1. The normalized spacial score (nSPS) is 15.2. The third kappa shape index (κ3) is 2.01. The van der Waals surface area contributed by atoms with Crippen LogP contribution in [0.2, 0.25) is 0 Å². The summed E-state index contributed by atoms with van der Waals surface area (Å²) >= 11 is 0. The van der Waals surface area contributed by atoms with Crippen LogP contribution in [0, 0.1) is 18.6 Å².